The average Bonchev–Trinajstić information content (AvgIpc) is 2.36. The van der Waals surface area contributed by atoms with Crippen molar-refractivity contribution in [1.82, 2.24) is 4.98 Å². The molecule has 1 aromatic heterocycles. The zero-order chi connectivity index (χ0) is 14.0. The van der Waals surface area contributed by atoms with Crippen molar-refractivity contribution in [2.45, 2.75) is 19.8 Å². The van der Waals surface area contributed by atoms with Crippen molar-refractivity contribution >= 4 is 29.0 Å². The Kier molecular flexibility index (Phi) is 4.17. The summed E-state index contributed by atoms with van der Waals surface area (Å²) in [6, 6.07) is 9.27. The number of nitrogens with zero attached hydrogens (tertiary/aromatic N) is 1. The van der Waals surface area contributed by atoms with Crippen molar-refractivity contribution in [2.75, 3.05) is 5.73 Å². The van der Waals surface area contributed by atoms with Crippen molar-refractivity contribution in [2.24, 2.45) is 0 Å². The number of para-hydroxylation sites is 1. The van der Waals surface area contributed by atoms with Gasteiger partial charge in [0.1, 0.15) is 16.6 Å². The summed E-state index contributed by atoms with van der Waals surface area (Å²) < 4.78 is 5.76. The fourth-order valence-corrected chi connectivity index (χ4v) is 2.09. The smallest absolute Gasteiger partial charge is 0.240 e. The minimum atomic E-state index is 0.197. The Morgan fingerprint density at radius 1 is 1.16 bits per heavy atom. The molecule has 0 saturated heterocycles. The Bertz CT molecular complexity index is 600. The van der Waals surface area contributed by atoms with Gasteiger partial charge in [0, 0.05) is 0 Å². The monoisotopic (exact) mass is 296 g/mol. The molecule has 0 spiro atoms. The third-order valence-corrected chi connectivity index (χ3v) is 3.25. The SMILES string of the molecule is CC(C)c1ccccc1Oc1nc(N)c(Cl)cc1Cl. The van der Waals surface area contributed by atoms with E-state index < -0.39 is 0 Å². The molecule has 2 aromatic rings. The Balaban J connectivity index is 2.39. The summed E-state index contributed by atoms with van der Waals surface area (Å²) in [6.07, 6.45) is 0. The fourth-order valence-electron chi connectivity index (χ4n) is 1.69. The van der Waals surface area contributed by atoms with E-state index in [0.29, 0.717) is 21.7 Å². The van der Waals surface area contributed by atoms with Gasteiger partial charge in [0.25, 0.3) is 0 Å². The van der Waals surface area contributed by atoms with Crippen LogP contribution in [0.1, 0.15) is 25.3 Å². The second-order valence-corrected chi connectivity index (χ2v) is 5.25. The largest absolute Gasteiger partial charge is 0.437 e. The number of pyridine rings is 1. The van der Waals surface area contributed by atoms with Crippen LogP contribution in [0.15, 0.2) is 30.3 Å². The lowest BCUT2D eigenvalue weighted by molar-refractivity contribution is 0.455. The molecule has 19 heavy (non-hydrogen) atoms. The predicted octanol–water partition coefficient (Wildman–Crippen LogP) is 4.89. The van der Waals surface area contributed by atoms with Gasteiger partial charge in [-0.3, -0.25) is 0 Å². The molecule has 0 atom stereocenters. The van der Waals surface area contributed by atoms with E-state index in [1.54, 1.807) is 0 Å². The van der Waals surface area contributed by atoms with Gasteiger partial charge in [-0.15, -0.1) is 0 Å². The summed E-state index contributed by atoms with van der Waals surface area (Å²) >= 11 is 11.9. The molecule has 0 saturated carbocycles. The topological polar surface area (TPSA) is 48.1 Å². The molecule has 1 aromatic carbocycles. The van der Waals surface area contributed by atoms with Gasteiger partial charge in [0.05, 0.1) is 5.02 Å². The quantitative estimate of drug-likeness (QED) is 0.877. The molecular weight excluding hydrogens is 283 g/mol. The zero-order valence-corrected chi connectivity index (χ0v) is 12.2. The lowest BCUT2D eigenvalue weighted by Gasteiger charge is -2.14. The maximum atomic E-state index is 6.06. The first-order valence-corrected chi connectivity index (χ1v) is 6.63. The van der Waals surface area contributed by atoms with Crippen LogP contribution >= 0.6 is 23.2 Å². The van der Waals surface area contributed by atoms with Gasteiger partial charge in [-0.25, -0.2) is 0 Å². The van der Waals surface area contributed by atoms with E-state index in [0.717, 1.165) is 5.56 Å². The highest BCUT2D eigenvalue weighted by molar-refractivity contribution is 6.36. The van der Waals surface area contributed by atoms with E-state index in [1.807, 2.05) is 24.3 Å². The van der Waals surface area contributed by atoms with Crippen LogP contribution in [0, 0.1) is 0 Å². The molecule has 0 aliphatic heterocycles. The maximum absolute atomic E-state index is 6.06. The normalized spacial score (nSPS) is 10.8. The van der Waals surface area contributed by atoms with Crippen LogP contribution < -0.4 is 10.5 Å². The number of halogens is 2. The van der Waals surface area contributed by atoms with E-state index >= 15 is 0 Å². The Morgan fingerprint density at radius 3 is 2.53 bits per heavy atom. The highest BCUT2D eigenvalue weighted by Gasteiger charge is 2.13. The highest BCUT2D eigenvalue weighted by Crippen LogP contribution is 2.35. The van der Waals surface area contributed by atoms with Crippen molar-refractivity contribution in [3.05, 3.63) is 45.9 Å². The van der Waals surface area contributed by atoms with Gasteiger partial charge in [-0.2, -0.15) is 4.98 Å². The lowest BCUT2D eigenvalue weighted by Crippen LogP contribution is -1.98. The summed E-state index contributed by atoms with van der Waals surface area (Å²) in [5, 5.41) is 0.646. The number of hydrogen-bond donors (Lipinski definition) is 1. The summed E-state index contributed by atoms with van der Waals surface area (Å²) in [5.41, 5.74) is 6.74. The Labute approximate surface area is 122 Å². The van der Waals surface area contributed by atoms with Gasteiger partial charge in [-0.05, 0) is 23.6 Å². The number of nitrogen functional groups attached to an aromatic ring is 1. The van der Waals surface area contributed by atoms with Crippen LogP contribution in [0.2, 0.25) is 10.0 Å². The Hall–Kier alpha value is -1.45. The number of hydrogen-bond acceptors (Lipinski definition) is 3. The number of benzene rings is 1. The molecule has 3 nitrogen and oxygen atoms in total. The third kappa shape index (κ3) is 3.11. The summed E-state index contributed by atoms with van der Waals surface area (Å²) in [7, 11) is 0. The average molecular weight is 297 g/mol. The van der Waals surface area contributed by atoms with Crippen molar-refractivity contribution in [3.63, 3.8) is 0 Å². The molecule has 0 aliphatic rings. The second kappa shape index (κ2) is 5.68. The number of rotatable bonds is 3. The van der Waals surface area contributed by atoms with Crippen LogP contribution in [0.5, 0.6) is 11.6 Å². The number of aromatic nitrogens is 1. The van der Waals surface area contributed by atoms with Crippen LogP contribution in [0.4, 0.5) is 5.82 Å². The molecule has 0 radical (unpaired) electrons. The zero-order valence-electron chi connectivity index (χ0n) is 10.7. The molecule has 2 N–H and O–H groups in total. The number of ether oxygens (including phenoxy) is 1. The summed E-state index contributed by atoms with van der Waals surface area (Å²) in [4.78, 5) is 4.06. The van der Waals surface area contributed by atoms with Gasteiger partial charge in [0.2, 0.25) is 5.88 Å². The molecule has 0 aliphatic carbocycles. The maximum Gasteiger partial charge on any atom is 0.240 e. The molecule has 2 rings (SSSR count). The third-order valence-electron chi connectivity index (χ3n) is 2.67. The summed E-state index contributed by atoms with van der Waals surface area (Å²) in [6.45, 7) is 4.18. The van der Waals surface area contributed by atoms with Gasteiger partial charge in [-0.1, -0.05) is 55.2 Å². The number of nitrogens with two attached hydrogens (primary N) is 1. The minimum absolute atomic E-state index is 0.197. The van der Waals surface area contributed by atoms with E-state index in [-0.39, 0.29) is 11.7 Å². The van der Waals surface area contributed by atoms with Crippen LogP contribution in [0.3, 0.4) is 0 Å². The van der Waals surface area contributed by atoms with Gasteiger partial charge < -0.3 is 10.5 Å². The Morgan fingerprint density at radius 2 is 1.84 bits per heavy atom. The van der Waals surface area contributed by atoms with Gasteiger partial charge in [0.15, 0.2) is 0 Å². The van der Waals surface area contributed by atoms with E-state index in [1.165, 1.54) is 6.07 Å². The van der Waals surface area contributed by atoms with E-state index in [2.05, 4.69) is 18.8 Å². The molecule has 100 valence electrons. The lowest BCUT2D eigenvalue weighted by atomic mass is 10.0. The second-order valence-electron chi connectivity index (χ2n) is 4.44. The number of anilines is 1. The fraction of sp³-hybridized carbons (Fsp3) is 0.214. The first kappa shape index (κ1) is 14.0. The first-order valence-electron chi connectivity index (χ1n) is 5.87. The molecule has 0 bridgehead atoms. The molecule has 5 heteroatoms. The standard InChI is InChI=1S/C14H14Cl2N2O/c1-8(2)9-5-3-4-6-12(9)19-14-11(16)7-10(15)13(17)18-14/h3-8H,1-2H3,(H2,17,18). The van der Waals surface area contributed by atoms with Gasteiger partial charge >= 0.3 is 0 Å². The molecule has 0 amide bonds. The highest BCUT2D eigenvalue weighted by atomic mass is 35.5. The molecular formula is C14H14Cl2N2O. The van der Waals surface area contributed by atoms with E-state index in [9.17, 15) is 0 Å². The predicted molar refractivity (Wildman–Crippen MR) is 79.3 cm³/mol. The molecule has 0 unspecified atom stereocenters. The first-order chi connectivity index (χ1) is 8.99. The van der Waals surface area contributed by atoms with Crippen molar-refractivity contribution in [1.29, 1.82) is 0 Å². The molecule has 1 heterocycles. The minimum Gasteiger partial charge on any atom is -0.437 e. The van der Waals surface area contributed by atoms with Crippen molar-refractivity contribution in [3.8, 4) is 11.6 Å². The van der Waals surface area contributed by atoms with Crippen molar-refractivity contribution < 1.29 is 4.74 Å². The van der Waals surface area contributed by atoms with Crippen LogP contribution in [0.25, 0.3) is 0 Å². The molecule has 0 fully saturated rings. The summed E-state index contributed by atoms with van der Waals surface area (Å²) in [5.74, 6) is 1.51. The van der Waals surface area contributed by atoms with E-state index in [4.69, 9.17) is 33.7 Å². The van der Waals surface area contributed by atoms with Crippen LogP contribution in [-0.2, 0) is 0 Å². The van der Waals surface area contributed by atoms with Crippen LogP contribution in [-0.4, -0.2) is 4.98 Å².